The second-order valence-electron chi connectivity index (χ2n) is 18.0. The van der Waals surface area contributed by atoms with Crippen LogP contribution < -0.4 is 0 Å². The monoisotopic (exact) mass is 941 g/mol. The van der Waals surface area contributed by atoms with E-state index in [1.807, 2.05) is 54.7 Å². The highest BCUT2D eigenvalue weighted by Gasteiger charge is 2.19. The van der Waals surface area contributed by atoms with Crippen LogP contribution in [0.3, 0.4) is 0 Å². The summed E-state index contributed by atoms with van der Waals surface area (Å²) in [6.45, 7) is 6.36. The molecule has 6 heteroatoms. The van der Waals surface area contributed by atoms with Crippen LogP contribution in [0.5, 0.6) is 0 Å². The minimum Gasteiger partial charge on any atom is -0.462 e. The third-order valence-corrected chi connectivity index (χ3v) is 11.4. The van der Waals surface area contributed by atoms with E-state index in [1.54, 1.807) is 0 Å². The predicted octanol–water partition coefficient (Wildman–Crippen LogP) is 18.5. The summed E-state index contributed by atoms with van der Waals surface area (Å²) in [4.78, 5) is 38.1. The molecule has 0 aliphatic heterocycles. The lowest BCUT2D eigenvalue weighted by Crippen LogP contribution is -2.30. The molecule has 0 bridgehead atoms. The van der Waals surface area contributed by atoms with Crippen molar-refractivity contribution in [2.75, 3.05) is 13.2 Å². The molecule has 0 heterocycles. The molecule has 0 rings (SSSR count). The summed E-state index contributed by atoms with van der Waals surface area (Å²) in [5.41, 5.74) is 0. The predicted molar refractivity (Wildman–Crippen MR) is 293 cm³/mol. The molecule has 0 fully saturated rings. The molecular weight excluding hydrogens is 841 g/mol. The highest BCUT2D eigenvalue weighted by Crippen LogP contribution is 2.14. The van der Waals surface area contributed by atoms with Gasteiger partial charge in [0.05, 0.1) is 0 Å². The number of hydrogen-bond donors (Lipinski definition) is 0. The number of esters is 3. The second-order valence-corrected chi connectivity index (χ2v) is 18.0. The minimum atomic E-state index is -0.823. The summed E-state index contributed by atoms with van der Waals surface area (Å²) in [5.74, 6) is -1.02. The van der Waals surface area contributed by atoms with Crippen LogP contribution in [0, 0.1) is 0 Å². The molecule has 0 aromatic heterocycles. The largest absolute Gasteiger partial charge is 0.462 e. The Hall–Kier alpha value is -4.19. The van der Waals surface area contributed by atoms with Gasteiger partial charge in [0.15, 0.2) is 6.10 Å². The molecule has 0 aliphatic carbocycles. The van der Waals surface area contributed by atoms with Crippen LogP contribution in [0.25, 0.3) is 0 Å². The van der Waals surface area contributed by atoms with Gasteiger partial charge in [0, 0.05) is 19.3 Å². The molecule has 384 valence electrons. The first-order chi connectivity index (χ1) is 33.5. The van der Waals surface area contributed by atoms with Crippen LogP contribution in [0.1, 0.15) is 233 Å². The summed E-state index contributed by atoms with van der Waals surface area (Å²) in [6.07, 6.45) is 76.2. The normalized spacial score (nSPS) is 13.0. The zero-order valence-electron chi connectivity index (χ0n) is 43.8. The summed E-state index contributed by atoms with van der Waals surface area (Å²) < 4.78 is 16.7. The summed E-state index contributed by atoms with van der Waals surface area (Å²) in [5, 5.41) is 0. The molecule has 0 saturated carbocycles. The molecule has 1 atom stereocenters. The smallest absolute Gasteiger partial charge is 0.306 e. The van der Waals surface area contributed by atoms with E-state index in [4.69, 9.17) is 14.2 Å². The zero-order valence-corrected chi connectivity index (χ0v) is 43.8. The van der Waals surface area contributed by atoms with E-state index in [0.29, 0.717) is 12.8 Å². The first-order valence-corrected chi connectivity index (χ1v) is 27.7. The van der Waals surface area contributed by atoms with Crippen LogP contribution in [0.4, 0.5) is 0 Å². The maximum atomic E-state index is 12.8. The van der Waals surface area contributed by atoms with Gasteiger partial charge in [-0.1, -0.05) is 251 Å². The van der Waals surface area contributed by atoms with Gasteiger partial charge in [0.1, 0.15) is 13.2 Å². The van der Waals surface area contributed by atoms with Gasteiger partial charge in [0.25, 0.3) is 0 Å². The number of hydrogen-bond acceptors (Lipinski definition) is 6. The van der Waals surface area contributed by atoms with E-state index < -0.39 is 6.10 Å². The molecule has 0 amide bonds. The molecule has 6 nitrogen and oxygen atoms in total. The van der Waals surface area contributed by atoms with Gasteiger partial charge in [-0.3, -0.25) is 14.4 Å². The SMILES string of the molecule is CC\C=C/C=C\C=C/C=C\C=C/CCCC(=O)OCC(COC(=O)CCCCCCCCCCCC/C=C\C=C/CCCCC)OC(=O)CCCCCCC\C=C/C=C\C=C/CCCCCCC. The zero-order chi connectivity index (χ0) is 49.3. The quantitative estimate of drug-likeness (QED) is 0.0262. The van der Waals surface area contributed by atoms with E-state index in [2.05, 4.69) is 87.6 Å². The average Bonchev–Trinajstić information content (AvgIpc) is 3.34. The van der Waals surface area contributed by atoms with Crippen molar-refractivity contribution >= 4 is 17.9 Å². The maximum Gasteiger partial charge on any atom is 0.306 e. The lowest BCUT2D eigenvalue weighted by Gasteiger charge is -2.18. The number of carbonyl (C=O) groups is 3. The van der Waals surface area contributed by atoms with Gasteiger partial charge in [-0.2, -0.15) is 0 Å². The third kappa shape index (κ3) is 52.8. The average molecular weight is 941 g/mol. The summed E-state index contributed by atoms with van der Waals surface area (Å²) >= 11 is 0. The summed E-state index contributed by atoms with van der Waals surface area (Å²) in [7, 11) is 0. The molecule has 0 aromatic carbocycles. The van der Waals surface area contributed by atoms with Crippen molar-refractivity contribution in [3.63, 3.8) is 0 Å². The Kier molecular flexibility index (Phi) is 52.0. The van der Waals surface area contributed by atoms with Crippen molar-refractivity contribution in [2.24, 2.45) is 0 Å². The van der Waals surface area contributed by atoms with Crippen LogP contribution in [0.2, 0.25) is 0 Å². The maximum absolute atomic E-state index is 12.8. The Morgan fingerprint density at radius 2 is 0.588 bits per heavy atom. The molecule has 0 saturated heterocycles. The van der Waals surface area contributed by atoms with Gasteiger partial charge < -0.3 is 14.2 Å². The van der Waals surface area contributed by atoms with Crippen molar-refractivity contribution in [2.45, 2.75) is 239 Å². The van der Waals surface area contributed by atoms with Crippen molar-refractivity contribution in [3.05, 3.63) is 122 Å². The van der Waals surface area contributed by atoms with Gasteiger partial charge in [-0.05, 0) is 83.5 Å². The first-order valence-electron chi connectivity index (χ1n) is 27.7. The fraction of sp³-hybridized carbons (Fsp3) is 0.629. The van der Waals surface area contributed by atoms with E-state index in [-0.39, 0.29) is 44.0 Å². The molecule has 0 N–H and O–H groups in total. The number of allylic oxidation sites excluding steroid dienone is 20. The van der Waals surface area contributed by atoms with Crippen LogP contribution >= 0.6 is 0 Å². The van der Waals surface area contributed by atoms with Gasteiger partial charge in [0.2, 0.25) is 0 Å². The number of ether oxygens (including phenoxy) is 3. The Morgan fingerprint density at radius 3 is 1.00 bits per heavy atom. The van der Waals surface area contributed by atoms with E-state index in [0.717, 1.165) is 77.0 Å². The lowest BCUT2D eigenvalue weighted by atomic mass is 10.1. The number of carbonyl (C=O) groups excluding carboxylic acids is 3. The Labute approximate surface area is 418 Å². The van der Waals surface area contributed by atoms with Gasteiger partial charge in [-0.25, -0.2) is 0 Å². The standard InChI is InChI=1S/C62H100O6/c1-4-7-10-13-16-19-22-25-27-29-31-33-34-37-40-43-46-49-52-55-61(64)67-58-59(57-66-60(63)54-51-48-45-42-39-36-24-21-18-15-12-9-6-3)68-62(65)56-53-50-47-44-41-38-35-32-30-28-26-23-20-17-14-11-8-5-2/h9,12,15-16,18-19,21-26,28,30,32,35-36,39,42,45,59H,4-8,10-11,13-14,17,20,27,29,31,33-34,37-38,40-41,43-44,46-58H2,1-3H3/b12-9-,18-15-,19-16-,24-21-,25-22-,26-23-,30-28-,35-32-,39-36-,45-42-. The van der Waals surface area contributed by atoms with Crippen molar-refractivity contribution in [3.8, 4) is 0 Å². The first kappa shape index (κ1) is 63.8. The second kappa shape index (κ2) is 55.4. The fourth-order valence-corrected chi connectivity index (χ4v) is 7.23. The van der Waals surface area contributed by atoms with Gasteiger partial charge >= 0.3 is 17.9 Å². The van der Waals surface area contributed by atoms with E-state index in [9.17, 15) is 14.4 Å². The van der Waals surface area contributed by atoms with Crippen molar-refractivity contribution in [1.82, 2.24) is 0 Å². The Morgan fingerprint density at radius 1 is 0.309 bits per heavy atom. The number of unbranched alkanes of at least 4 members (excludes halogenated alkanes) is 24. The van der Waals surface area contributed by atoms with Gasteiger partial charge in [-0.15, -0.1) is 0 Å². The molecule has 1 unspecified atom stereocenters. The van der Waals surface area contributed by atoms with Crippen LogP contribution in [-0.4, -0.2) is 37.2 Å². The highest BCUT2D eigenvalue weighted by atomic mass is 16.6. The number of rotatable bonds is 48. The molecule has 0 spiro atoms. The van der Waals surface area contributed by atoms with E-state index in [1.165, 1.54) is 109 Å². The van der Waals surface area contributed by atoms with E-state index >= 15 is 0 Å². The highest BCUT2D eigenvalue weighted by molar-refractivity contribution is 5.71. The van der Waals surface area contributed by atoms with Crippen LogP contribution in [0.15, 0.2) is 122 Å². The topological polar surface area (TPSA) is 78.9 Å². The summed E-state index contributed by atoms with van der Waals surface area (Å²) in [6, 6.07) is 0. The Balaban J connectivity index is 4.50. The van der Waals surface area contributed by atoms with Crippen molar-refractivity contribution < 1.29 is 28.6 Å². The minimum absolute atomic E-state index is 0.114. The molecule has 0 aromatic rings. The molecule has 68 heavy (non-hydrogen) atoms. The molecule has 0 radical (unpaired) electrons. The lowest BCUT2D eigenvalue weighted by molar-refractivity contribution is -0.167. The Bertz CT molecular complexity index is 1450. The van der Waals surface area contributed by atoms with Crippen LogP contribution in [-0.2, 0) is 28.6 Å². The fourth-order valence-electron chi connectivity index (χ4n) is 7.23. The van der Waals surface area contributed by atoms with Crippen molar-refractivity contribution in [1.29, 1.82) is 0 Å². The molecular formula is C62H100O6. The third-order valence-electron chi connectivity index (χ3n) is 11.4. The molecule has 0 aliphatic rings.